The Morgan fingerprint density at radius 3 is 2.43 bits per heavy atom. The molecule has 0 fully saturated rings. The van der Waals surface area contributed by atoms with E-state index in [9.17, 15) is 18.0 Å². The first-order valence-electron chi connectivity index (χ1n) is 9.63. The predicted octanol–water partition coefficient (Wildman–Crippen LogP) is 2.98. The molecule has 1 unspecified atom stereocenters. The number of carbonyl (C=O) groups is 2. The average Bonchev–Trinajstić information content (AvgIpc) is 2.72. The standard InChI is InChI=1S/C22H27NO6S/c1-4-29-22(25)15-20(17-6-5-7-18(14-17)28-3)23-21(24)12-13-30(26,27)19-10-8-16(2)9-11-19/h5-11,14,20H,4,12-13,15H2,1-3H3,(H,23,24). The zero-order chi connectivity index (χ0) is 22.1. The van der Waals surface area contributed by atoms with Crippen molar-refractivity contribution in [2.45, 2.75) is 37.6 Å². The predicted molar refractivity (Wildman–Crippen MR) is 113 cm³/mol. The van der Waals surface area contributed by atoms with E-state index >= 15 is 0 Å². The van der Waals surface area contributed by atoms with Crippen molar-refractivity contribution < 1.29 is 27.5 Å². The van der Waals surface area contributed by atoms with Gasteiger partial charge in [0.05, 0.1) is 36.8 Å². The van der Waals surface area contributed by atoms with Crippen LogP contribution < -0.4 is 10.1 Å². The lowest BCUT2D eigenvalue weighted by molar-refractivity contribution is -0.143. The van der Waals surface area contributed by atoms with Crippen LogP contribution in [0.25, 0.3) is 0 Å². The van der Waals surface area contributed by atoms with Crippen molar-refractivity contribution in [2.24, 2.45) is 0 Å². The molecule has 0 radical (unpaired) electrons. The Morgan fingerprint density at radius 1 is 1.10 bits per heavy atom. The fraction of sp³-hybridized carbons (Fsp3) is 0.364. The minimum absolute atomic E-state index is 0.0720. The molecule has 0 aliphatic carbocycles. The van der Waals surface area contributed by atoms with Crippen LogP contribution in [-0.4, -0.2) is 39.8 Å². The molecule has 30 heavy (non-hydrogen) atoms. The van der Waals surface area contributed by atoms with Gasteiger partial charge in [-0.2, -0.15) is 0 Å². The highest BCUT2D eigenvalue weighted by atomic mass is 32.2. The molecule has 2 aromatic rings. The summed E-state index contributed by atoms with van der Waals surface area (Å²) in [6, 6.07) is 12.8. The van der Waals surface area contributed by atoms with Crippen LogP contribution in [0.5, 0.6) is 5.75 Å². The van der Waals surface area contributed by atoms with Gasteiger partial charge in [-0.25, -0.2) is 8.42 Å². The van der Waals surface area contributed by atoms with E-state index in [1.54, 1.807) is 43.3 Å². The molecular weight excluding hydrogens is 406 g/mol. The fourth-order valence-electron chi connectivity index (χ4n) is 2.85. The molecule has 162 valence electrons. The Balaban J connectivity index is 2.09. The second kappa shape index (κ2) is 10.8. The summed E-state index contributed by atoms with van der Waals surface area (Å²) < 4.78 is 35.2. The molecule has 0 aliphatic heterocycles. The van der Waals surface area contributed by atoms with Gasteiger partial charge < -0.3 is 14.8 Å². The smallest absolute Gasteiger partial charge is 0.308 e. The van der Waals surface area contributed by atoms with Gasteiger partial charge in [-0.15, -0.1) is 0 Å². The Hall–Kier alpha value is -2.87. The van der Waals surface area contributed by atoms with Gasteiger partial charge in [-0.3, -0.25) is 9.59 Å². The zero-order valence-corrected chi connectivity index (χ0v) is 18.2. The molecule has 1 N–H and O–H groups in total. The number of sulfone groups is 1. The maximum atomic E-state index is 12.5. The van der Waals surface area contributed by atoms with Crippen molar-refractivity contribution in [1.29, 1.82) is 0 Å². The topological polar surface area (TPSA) is 98.8 Å². The lowest BCUT2D eigenvalue weighted by Gasteiger charge is -2.19. The Labute approximate surface area is 177 Å². The minimum Gasteiger partial charge on any atom is -0.497 e. The maximum absolute atomic E-state index is 12.5. The molecule has 0 saturated heterocycles. The molecule has 0 saturated carbocycles. The summed E-state index contributed by atoms with van der Waals surface area (Å²) in [5, 5.41) is 2.75. The van der Waals surface area contributed by atoms with Crippen LogP contribution in [0.2, 0.25) is 0 Å². The van der Waals surface area contributed by atoms with Crippen LogP contribution in [0.1, 0.15) is 36.9 Å². The van der Waals surface area contributed by atoms with Gasteiger partial charge >= 0.3 is 5.97 Å². The molecule has 0 heterocycles. The molecular formula is C22H27NO6S. The van der Waals surface area contributed by atoms with Crippen LogP contribution in [0.3, 0.4) is 0 Å². The molecule has 0 aromatic heterocycles. The number of ether oxygens (including phenoxy) is 2. The van der Waals surface area contributed by atoms with Gasteiger partial charge in [-0.1, -0.05) is 29.8 Å². The number of rotatable bonds is 10. The monoisotopic (exact) mass is 433 g/mol. The number of methoxy groups -OCH3 is 1. The van der Waals surface area contributed by atoms with E-state index in [2.05, 4.69) is 5.32 Å². The van der Waals surface area contributed by atoms with Crippen molar-refractivity contribution in [2.75, 3.05) is 19.5 Å². The Bertz CT molecular complexity index is 969. The van der Waals surface area contributed by atoms with Crippen molar-refractivity contribution in [1.82, 2.24) is 5.32 Å². The van der Waals surface area contributed by atoms with E-state index in [0.29, 0.717) is 11.3 Å². The van der Waals surface area contributed by atoms with E-state index in [1.807, 2.05) is 6.92 Å². The summed E-state index contributed by atoms with van der Waals surface area (Å²) in [5.41, 5.74) is 1.61. The number of aryl methyl sites for hydroxylation is 1. The molecule has 1 amide bonds. The average molecular weight is 434 g/mol. The number of amides is 1. The number of esters is 1. The molecule has 0 aliphatic rings. The summed E-state index contributed by atoms with van der Waals surface area (Å²) >= 11 is 0. The Morgan fingerprint density at radius 2 is 1.80 bits per heavy atom. The third-order valence-electron chi connectivity index (χ3n) is 4.49. The minimum atomic E-state index is -3.59. The number of nitrogens with one attached hydrogen (secondary N) is 1. The SMILES string of the molecule is CCOC(=O)CC(NC(=O)CCS(=O)(=O)c1ccc(C)cc1)c1cccc(OC)c1. The lowest BCUT2D eigenvalue weighted by Crippen LogP contribution is -2.31. The van der Waals surface area contributed by atoms with E-state index in [0.717, 1.165) is 5.56 Å². The normalized spacial score (nSPS) is 12.1. The van der Waals surface area contributed by atoms with Crippen molar-refractivity contribution in [3.8, 4) is 5.75 Å². The van der Waals surface area contributed by atoms with Crippen LogP contribution in [0.15, 0.2) is 53.4 Å². The van der Waals surface area contributed by atoms with E-state index in [-0.39, 0.29) is 30.1 Å². The lowest BCUT2D eigenvalue weighted by atomic mass is 10.0. The highest BCUT2D eigenvalue weighted by molar-refractivity contribution is 7.91. The molecule has 7 nitrogen and oxygen atoms in total. The van der Waals surface area contributed by atoms with E-state index in [4.69, 9.17) is 9.47 Å². The third-order valence-corrected chi connectivity index (χ3v) is 6.22. The van der Waals surface area contributed by atoms with Crippen LogP contribution in [0, 0.1) is 6.92 Å². The summed E-state index contributed by atoms with van der Waals surface area (Å²) in [4.78, 5) is 24.7. The quantitative estimate of drug-likeness (QED) is 0.579. The van der Waals surface area contributed by atoms with Crippen LogP contribution in [-0.2, 0) is 24.2 Å². The van der Waals surface area contributed by atoms with Gasteiger partial charge in [0, 0.05) is 6.42 Å². The maximum Gasteiger partial charge on any atom is 0.308 e. The van der Waals surface area contributed by atoms with Crippen molar-refractivity contribution in [3.63, 3.8) is 0 Å². The number of benzene rings is 2. The highest BCUT2D eigenvalue weighted by Gasteiger charge is 2.22. The van der Waals surface area contributed by atoms with Gasteiger partial charge in [0.15, 0.2) is 9.84 Å². The molecule has 2 aromatic carbocycles. The second-order valence-corrected chi connectivity index (χ2v) is 8.90. The largest absolute Gasteiger partial charge is 0.497 e. The number of carbonyl (C=O) groups excluding carboxylic acids is 2. The molecule has 0 spiro atoms. The summed E-state index contributed by atoms with van der Waals surface area (Å²) in [6.07, 6.45) is -0.295. The van der Waals surface area contributed by atoms with Crippen molar-refractivity contribution in [3.05, 3.63) is 59.7 Å². The van der Waals surface area contributed by atoms with Gasteiger partial charge in [0.2, 0.25) is 5.91 Å². The zero-order valence-electron chi connectivity index (χ0n) is 17.4. The van der Waals surface area contributed by atoms with Crippen LogP contribution in [0.4, 0.5) is 0 Å². The van der Waals surface area contributed by atoms with Crippen molar-refractivity contribution >= 4 is 21.7 Å². The molecule has 0 bridgehead atoms. The number of hydrogen-bond donors (Lipinski definition) is 1. The Kier molecular flexibility index (Phi) is 8.41. The summed E-state index contributed by atoms with van der Waals surface area (Å²) in [7, 11) is -2.07. The van der Waals surface area contributed by atoms with E-state index < -0.39 is 27.8 Å². The fourth-order valence-corrected chi connectivity index (χ4v) is 4.09. The summed E-state index contributed by atoms with van der Waals surface area (Å²) in [6.45, 7) is 3.80. The first-order chi connectivity index (χ1) is 14.2. The van der Waals surface area contributed by atoms with Gasteiger partial charge in [0.25, 0.3) is 0 Å². The molecule has 8 heteroatoms. The molecule has 1 atom stereocenters. The second-order valence-electron chi connectivity index (χ2n) is 6.79. The third kappa shape index (κ3) is 6.88. The van der Waals surface area contributed by atoms with Crippen LogP contribution >= 0.6 is 0 Å². The first-order valence-corrected chi connectivity index (χ1v) is 11.3. The van der Waals surface area contributed by atoms with E-state index in [1.165, 1.54) is 19.2 Å². The van der Waals surface area contributed by atoms with Gasteiger partial charge in [-0.05, 0) is 43.7 Å². The molecule has 2 rings (SSSR count). The van der Waals surface area contributed by atoms with Gasteiger partial charge in [0.1, 0.15) is 5.75 Å². The number of hydrogen-bond acceptors (Lipinski definition) is 6. The highest BCUT2D eigenvalue weighted by Crippen LogP contribution is 2.22. The summed E-state index contributed by atoms with van der Waals surface area (Å²) in [5.74, 6) is -0.676. The first kappa shape index (κ1) is 23.4.